The van der Waals surface area contributed by atoms with E-state index in [9.17, 15) is 5.11 Å². The fourth-order valence-corrected chi connectivity index (χ4v) is 2.24. The van der Waals surface area contributed by atoms with Gasteiger partial charge in [-0.1, -0.05) is 30.3 Å². The van der Waals surface area contributed by atoms with Crippen LogP contribution in [0.5, 0.6) is 5.75 Å². The van der Waals surface area contributed by atoms with Crippen LogP contribution in [0.1, 0.15) is 11.1 Å². The average Bonchev–Trinajstić information content (AvgIpc) is 2.94. The van der Waals surface area contributed by atoms with Crippen LogP contribution in [0, 0.1) is 0 Å². The van der Waals surface area contributed by atoms with Gasteiger partial charge in [-0.3, -0.25) is 0 Å². The Balaban J connectivity index is 1.81. The smallest absolute Gasteiger partial charge is 0.120 e. The summed E-state index contributed by atoms with van der Waals surface area (Å²) in [6, 6.07) is 13.7. The molecule has 0 atom stereocenters. The third kappa shape index (κ3) is 2.46. The molecule has 19 heavy (non-hydrogen) atoms. The summed E-state index contributed by atoms with van der Waals surface area (Å²) in [6.07, 6.45) is 3.38. The van der Waals surface area contributed by atoms with Gasteiger partial charge in [-0.2, -0.15) is 0 Å². The Labute approximate surface area is 111 Å². The van der Waals surface area contributed by atoms with Crippen LogP contribution >= 0.6 is 0 Å². The minimum Gasteiger partial charge on any atom is -0.508 e. The van der Waals surface area contributed by atoms with Gasteiger partial charge in [0, 0.05) is 24.2 Å². The van der Waals surface area contributed by atoms with Crippen LogP contribution in [0.25, 0.3) is 10.8 Å². The number of furan rings is 1. The van der Waals surface area contributed by atoms with Crippen molar-refractivity contribution in [3.8, 4) is 5.75 Å². The quantitative estimate of drug-likeness (QED) is 0.748. The summed E-state index contributed by atoms with van der Waals surface area (Å²) in [7, 11) is 0. The second-order valence-electron chi connectivity index (χ2n) is 4.52. The van der Waals surface area contributed by atoms with Crippen LogP contribution in [0.2, 0.25) is 0 Å². The first-order valence-corrected chi connectivity index (χ1v) is 6.26. The zero-order chi connectivity index (χ0) is 13.1. The Bertz CT molecular complexity index is 674. The third-order valence-corrected chi connectivity index (χ3v) is 3.23. The second-order valence-corrected chi connectivity index (χ2v) is 4.52. The van der Waals surface area contributed by atoms with Crippen LogP contribution in [-0.4, -0.2) is 5.11 Å². The van der Waals surface area contributed by atoms with E-state index in [1.54, 1.807) is 18.6 Å². The maximum absolute atomic E-state index is 10.0. The van der Waals surface area contributed by atoms with Gasteiger partial charge < -0.3 is 14.8 Å². The van der Waals surface area contributed by atoms with Crippen LogP contribution in [0.15, 0.2) is 59.4 Å². The molecule has 0 saturated carbocycles. The van der Waals surface area contributed by atoms with Crippen molar-refractivity contribution in [2.45, 2.75) is 13.1 Å². The number of rotatable bonds is 4. The van der Waals surface area contributed by atoms with Crippen molar-refractivity contribution in [2.75, 3.05) is 0 Å². The minimum absolute atomic E-state index is 0.332. The van der Waals surface area contributed by atoms with E-state index in [4.69, 9.17) is 4.42 Å². The standard InChI is InChI=1S/C16H15NO2/c18-16-6-5-13-3-1-2-4-14(13)15(16)10-17-9-12-7-8-19-11-12/h1-8,11,17-18H,9-10H2. The highest BCUT2D eigenvalue weighted by Gasteiger charge is 2.06. The molecule has 0 bridgehead atoms. The van der Waals surface area contributed by atoms with Gasteiger partial charge >= 0.3 is 0 Å². The summed E-state index contributed by atoms with van der Waals surface area (Å²) in [5, 5.41) is 15.5. The second kappa shape index (κ2) is 5.16. The van der Waals surface area contributed by atoms with Crippen LogP contribution in [0.4, 0.5) is 0 Å². The molecule has 1 aromatic heterocycles. The van der Waals surface area contributed by atoms with Crippen molar-refractivity contribution in [2.24, 2.45) is 0 Å². The Morgan fingerprint density at radius 3 is 2.74 bits per heavy atom. The summed E-state index contributed by atoms with van der Waals surface area (Å²) in [4.78, 5) is 0. The maximum atomic E-state index is 10.0. The molecule has 3 aromatic rings. The Morgan fingerprint density at radius 2 is 1.89 bits per heavy atom. The molecular weight excluding hydrogens is 238 g/mol. The normalized spacial score (nSPS) is 10.9. The Kier molecular flexibility index (Phi) is 3.21. The molecule has 0 spiro atoms. The van der Waals surface area contributed by atoms with Crippen molar-refractivity contribution >= 4 is 10.8 Å². The number of benzene rings is 2. The predicted molar refractivity (Wildman–Crippen MR) is 74.9 cm³/mol. The van der Waals surface area contributed by atoms with Crippen LogP contribution in [0.3, 0.4) is 0 Å². The van der Waals surface area contributed by atoms with E-state index < -0.39 is 0 Å². The van der Waals surface area contributed by atoms with Crippen molar-refractivity contribution in [3.63, 3.8) is 0 Å². The van der Waals surface area contributed by atoms with Crippen LogP contribution < -0.4 is 5.32 Å². The molecule has 96 valence electrons. The maximum Gasteiger partial charge on any atom is 0.120 e. The fourth-order valence-electron chi connectivity index (χ4n) is 2.24. The molecule has 3 nitrogen and oxygen atoms in total. The molecule has 2 aromatic carbocycles. The molecule has 0 amide bonds. The van der Waals surface area contributed by atoms with E-state index in [1.165, 1.54) is 0 Å². The SMILES string of the molecule is Oc1ccc2ccccc2c1CNCc1ccoc1. The monoisotopic (exact) mass is 253 g/mol. The number of hydrogen-bond donors (Lipinski definition) is 2. The molecule has 0 aliphatic carbocycles. The van der Waals surface area contributed by atoms with Crippen molar-refractivity contribution in [3.05, 3.63) is 66.1 Å². The Hall–Kier alpha value is -2.26. The minimum atomic E-state index is 0.332. The molecule has 0 radical (unpaired) electrons. The lowest BCUT2D eigenvalue weighted by atomic mass is 10.0. The van der Waals surface area contributed by atoms with Gasteiger partial charge in [-0.25, -0.2) is 0 Å². The van der Waals surface area contributed by atoms with E-state index in [0.29, 0.717) is 12.3 Å². The van der Waals surface area contributed by atoms with Crippen LogP contribution in [-0.2, 0) is 13.1 Å². The third-order valence-electron chi connectivity index (χ3n) is 3.23. The number of aromatic hydroxyl groups is 1. The fraction of sp³-hybridized carbons (Fsp3) is 0.125. The summed E-state index contributed by atoms with van der Waals surface area (Å²) < 4.78 is 5.02. The van der Waals surface area contributed by atoms with Gasteiger partial charge in [0.25, 0.3) is 0 Å². The highest BCUT2D eigenvalue weighted by atomic mass is 16.3. The van der Waals surface area contributed by atoms with Crippen molar-refractivity contribution in [1.82, 2.24) is 5.32 Å². The molecule has 0 unspecified atom stereocenters. The zero-order valence-electron chi connectivity index (χ0n) is 10.5. The summed E-state index contributed by atoms with van der Waals surface area (Å²) in [5.74, 6) is 0.332. The average molecular weight is 253 g/mol. The highest BCUT2D eigenvalue weighted by Crippen LogP contribution is 2.26. The topological polar surface area (TPSA) is 45.4 Å². The molecule has 0 aliphatic rings. The van der Waals surface area contributed by atoms with Crippen molar-refractivity contribution < 1.29 is 9.52 Å². The first-order chi connectivity index (χ1) is 9.34. The summed E-state index contributed by atoms with van der Waals surface area (Å²) in [5.41, 5.74) is 2.03. The molecule has 0 fully saturated rings. The lowest BCUT2D eigenvalue weighted by Crippen LogP contribution is -2.12. The van der Waals surface area contributed by atoms with Gasteiger partial charge in [-0.15, -0.1) is 0 Å². The van der Waals surface area contributed by atoms with Crippen molar-refractivity contribution in [1.29, 1.82) is 0 Å². The number of phenolic OH excluding ortho intramolecular Hbond substituents is 1. The summed E-state index contributed by atoms with van der Waals surface area (Å²) >= 11 is 0. The number of hydrogen-bond acceptors (Lipinski definition) is 3. The first-order valence-electron chi connectivity index (χ1n) is 6.26. The molecular formula is C16H15NO2. The van der Waals surface area contributed by atoms with Gasteiger partial charge in [0.1, 0.15) is 5.75 Å². The molecule has 1 heterocycles. The first kappa shape index (κ1) is 11.8. The molecule has 0 aliphatic heterocycles. The number of nitrogens with one attached hydrogen (secondary N) is 1. The van der Waals surface area contributed by atoms with Gasteiger partial charge in [-0.05, 0) is 22.9 Å². The van der Waals surface area contributed by atoms with Gasteiger partial charge in [0.2, 0.25) is 0 Å². The predicted octanol–water partition coefficient (Wildman–Crippen LogP) is 3.43. The highest BCUT2D eigenvalue weighted by molar-refractivity contribution is 5.87. The molecule has 0 saturated heterocycles. The molecule has 3 rings (SSSR count). The Morgan fingerprint density at radius 1 is 1.00 bits per heavy atom. The van der Waals surface area contributed by atoms with Gasteiger partial charge in [0.05, 0.1) is 12.5 Å². The van der Waals surface area contributed by atoms with E-state index in [2.05, 4.69) is 5.32 Å². The number of fused-ring (bicyclic) bond motifs is 1. The van der Waals surface area contributed by atoms with E-state index in [1.807, 2.05) is 36.4 Å². The lowest BCUT2D eigenvalue weighted by molar-refractivity contribution is 0.465. The van der Waals surface area contributed by atoms with E-state index in [0.717, 1.165) is 28.4 Å². The van der Waals surface area contributed by atoms with E-state index in [-0.39, 0.29) is 0 Å². The zero-order valence-corrected chi connectivity index (χ0v) is 10.5. The lowest BCUT2D eigenvalue weighted by Gasteiger charge is -2.10. The van der Waals surface area contributed by atoms with Gasteiger partial charge in [0.15, 0.2) is 0 Å². The summed E-state index contributed by atoms with van der Waals surface area (Å²) in [6.45, 7) is 1.34. The number of phenols is 1. The van der Waals surface area contributed by atoms with E-state index >= 15 is 0 Å². The molecule has 2 N–H and O–H groups in total. The molecule has 3 heteroatoms. The largest absolute Gasteiger partial charge is 0.508 e.